The molecule has 0 aliphatic heterocycles. The minimum atomic E-state index is 0.0752. The topological polar surface area (TPSA) is 34.4 Å². The highest BCUT2D eigenvalue weighted by atomic mass is 32.1. The fourth-order valence-corrected chi connectivity index (χ4v) is 2.13. The van der Waals surface area contributed by atoms with E-state index in [0.29, 0.717) is 0 Å². The largest absolute Gasteiger partial charge is 0.269 e. The van der Waals surface area contributed by atoms with Gasteiger partial charge in [0, 0.05) is 22.8 Å². The normalized spacial score (nSPS) is 10.9. The lowest BCUT2D eigenvalue weighted by Gasteiger charge is -1.97. The molecule has 4 heteroatoms. The Kier molecular flexibility index (Phi) is 1.92. The standard InChI is InChI=1S/C9H10N2OS/c1-3-7-4-10-9-11(8(7)12)6(2)5-13-9/h4-5H,3H2,1-2H3. The van der Waals surface area contributed by atoms with Gasteiger partial charge in [0.15, 0.2) is 4.96 Å². The van der Waals surface area contributed by atoms with Crippen LogP contribution < -0.4 is 5.56 Å². The van der Waals surface area contributed by atoms with Crippen LogP contribution in [0.2, 0.25) is 0 Å². The van der Waals surface area contributed by atoms with E-state index in [9.17, 15) is 4.79 Å². The van der Waals surface area contributed by atoms with Crippen LogP contribution in [0.25, 0.3) is 4.96 Å². The second-order valence-electron chi connectivity index (χ2n) is 2.94. The molecule has 0 aromatic carbocycles. The molecule has 0 amide bonds. The second kappa shape index (κ2) is 2.96. The summed E-state index contributed by atoms with van der Waals surface area (Å²) in [4.78, 5) is 16.8. The van der Waals surface area contributed by atoms with Gasteiger partial charge in [-0.2, -0.15) is 0 Å². The van der Waals surface area contributed by atoms with Crippen molar-refractivity contribution in [3.63, 3.8) is 0 Å². The van der Waals surface area contributed by atoms with Gasteiger partial charge in [-0.05, 0) is 13.3 Å². The van der Waals surface area contributed by atoms with Gasteiger partial charge in [-0.25, -0.2) is 4.98 Å². The van der Waals surface area contributed by atoms with Gasteiger partial charge >= 0.3 is 0 Å². The summed E-state index contributed by atoms with van der Waals surface area (Å²) < 4.78 is 1.67. The molecule has 68 valence electrons. The van der Waals surface area contributed by atoms with Gasteiger partial charge in [0.1, 0.15) is 0 Å². The van der Waals surface area contributed by atoms with E-state index >= 15 is 0 Å². The maximum atomic E-state index is 11.8. The fraction of sp³-hybridized carbons (Fsp3) is 0.333. The van der Waals surface area contributed by atoms with Crippen molar-refractivity contribution < 1.29 is 0 Å². The second-order valence-corrected chi connectivity index (χ2v) is 3.77. The minimum Gasteiger partial charge on any atom is -0.269 e. The first-order valence-corrected chi connectivity index (χ1v) is 5.06. The zero-order chi connectivity index (χ0) is 9.42. The Morgan fingerprint density at radius 2 is 2.38 bits per heavy atom. The average molecular weight is 194 g/mol. The molecule has 0 saturated carbocycles. The van der Waals surface area contributed by atoms with Crippen molar-refractivity contribution in [2.45, 2.75) is 20.3 Å². The summed E-state index contributed by atoms with van der Waals surface area (Å²) in [6, 6.07) is 0. The highest BCUT2D eigenvalue weighted by Crippen LogP contribution is 2.10. The monoisotopic (exact) mass is 194 g/mol. The third-order valence-corrected chi connectivity index (χ3v) is 3.03. The maximum absolute atomic E-state index is 11.8. The molecule has 0 fully saturated rings. The Bertz CT molecular complexity index is 498. The molecule has 0 radical (unpaired) electrons. The lowest BCUT2D eigenvalue weighted by atomic mass is 10.3. The van der Waals surface area contributed by atoms with E-state index in [0.717, 1.165) is 22.6 Å². The summed E-state index contributed by atoms with van der Waals surface area (Å²) in [5.74, 6) is 0. The number of nitrogens with zero attached hydrogens (tertiary/aromatic N) is 2. The fourth-order valence-electron chi connectivity index (χ4n) is 1.30. The minimum absolute atomic E-state index is 0.0752. The van der Waals surface area contributed by atoms with Gasteiger partial charge in [-0.15, -0.1) is 11.3 Å². The molecule has 2 rings (SSSR count). The zero-order valence-corrected chi connectivity index (χ0v) is 8.39. The van der Waals surface area contributed by atoms with E-state index in [2.05, 4.69) is 4.98 Å². The van der Waals surface area contributed by atoms with Crippen molar-refractivity contribution in [2.24, 2.45) is 0 Å². The van der Waals surface area contributed by atoms with Gasteiger partial charge in [0.2, 0.25) is 0 Å². The van der Waals surface area contributed by atoms with Crippen molar-refractivity contribution in [3.8, 4) is 0 Å². The van der Waals surface area contributed by atoms with Crippen LogP contribution in [0.5, 0.6) is 0 Å². The van der Waals surface area contributed by atoms with Crippen LogP contribution in [0.1, 0.15) is 18.2 Å². The van der Waals surface area contributed by atoms with Crippen molar-refractivity contribution in [2.75, 3.05) is 0 Å². The smallest absolute Gasteiger partial charge is 0.261 e. The van der Waals surface area contributed by atoms with Crippen LogP contribution in [0, 0.1) is 6.92 Å². The van der Waals surface area contributed by atoms with Gasteiger partial charge in [0.25, 0.3) is 5.56 Å². The molecule has 0 atom stereocenters. The molecule has 2 aromatic heterocycles. The molecule has 0 saturated heterocycles. The summed E-state index contributed by atoms with van der Waals surface area (Å²) in [5, 5.41) is 1.95. The highest BCUT2D eigenvalue weighted by molar-refractivity contribution is 7.15. The molecule has 0 unspecified atom stereocenters. The van der Waals surface area contributed by atoms with E-state index in [1.165, 1.54) is 11.3 Å². The molecule has 0 N–H and O–H groups in total. The number of aromatic nitrogens is 2. The first-order chi connectivity index (χ1) is 6.24. The number of fused-ring (bicyclic) bond motifs is 1. The van der Waals surface area contributed by atoms with Crippen LogP contribution in [0.3, 0.4) is 0 Å². The Labute approximate surface area is 79.7 Å². The summed E-state index contributed by atoms with van der Waals surface area (Å²) in [6.45, 7) is 3.89. The van der Waals surface area contributed by atoms with Crippen molar-refractivity contribution in [1.82, 2.24) is 9.38 Å². The molecule has 2 aromatic rings. The van der Waals surface area contributed by atoms with E-state index < -0.39 is 0 Å². The SMILES string of the molecule is CCc1cnc2scc(C)n2c1=O. The highest BCUT2D eigenvalue weighted by Gasteiger charge is 2.05. The van der Waals surface area contributed by atoms with E-state index in [4.69, 9.17) is 0 Å². The number of hydrogen-bond donors (Lipinski definition) is 0. The van der Waals surface area contributed by atoms with Gasteiger partial charge in [-0.3, -0.25) is 9.20 Å². The lowest BCUT2D eigenvalue weighted by Crippen LogP contribution is -2.18. The lowest BCUT2D eigenvalue weighted by molar-refractivity contribution is 0.956. The third-order valence-electron chi connectivity index (χ3n) is 2.07. The molecule has 0 aliphatic carbocycles. The Morgan fingerprint density at radius 1 is 1.62 bits per heavy atom. The molecule has 2 heterocycles. The van der Waals surface area contributed by atoms with Gasteiger partial charge in [-0.1, -0.05) is 6.92 Å². The molecule has 0 aliphatic rings. The predicted octanol–water partition coefficient (Wildman–Crippen LogP) is 1.63. The van der Waals surface area contributed by atoms with Crippen molar-refractivity contribution >= 4 is 16.3 Å². The summed E-state index contributed by atoms with van der Waals surface area (Å²) in [7, 11) is 0. The molecule has 0 bridgehead atoms. The third kappa shape index (κ3) is 1.18. The average Bonchev–Trinajstić information content (AvgIpc) is 2.49. The van der Waals surface area contributed by atoms with Crippen LogP contribution in [0.15, 0.2) is 16.4 Å². The van der Waals surface area contributed by atoms with E-state index in [1.54, 1.807) is 10.6 Å². The molecular weight excluding hydrogens is 184 g/mol. The van der Waals surface area contributed by atoms with Crippen LogP contribution in [-0.2, 0) is 6.42 Å². The quantitative estimate of drug-likeness (QED) is 0.691. The Hall–Kier alpha value is -1.16. The number of thiazole rings is 1. The Balaban J connectivity index is 2.92. The number of rotatable bonds is 1. The van der Waals surface area contributed by atoms with Gasteiger partial charge in [0.05, 0.1) is 0 Å². The van der Waals surface area contributed by atoms with Crippen LogP contribution >= 0.6 is 11.3 Å². The number of aryl methyl sites for hydroxylation is 2. The maximum Gasteiger partial charge on any atom is 0.261 e. The number of hydrogen-bond acceptors (Lipinski definition) is 3. The van der Waals surface area contributed by atoms with E-state index in [-0.39, 0.29) is 5.56 Å². The van der Waals surface area contributed by atoms with Crippen molar-refractivity contribution in [1.29, 1.82) is 0 Å². The zero-order valence-electron chi connectivity index (χ0n) is 7.57. The first kappa shape index (κ1) is 8.44. The molecular formula is C9H10N2OS. The molecule has 13 heavy (non-hydrogen) atoms. The van der Waals surface area contributed by atoms with E-state index in [1.807, 2.05) is 19.2 Å². The molecule has 3 nitrogen and oxygen atoms in total. The predicted molar refractivity (Wildman–Crippen MR) is 53.5 cm³/mol. The van der Waals surface area contributed by atoms with Crippen molar-refractivity contribution in [3.05, 3.63) is 33.2 Å². The Morgan fingerprint density at radius 3 is 3.08 bits per heavy atom. The van der Waals surface area contributed by atoms with Crippen LogP contribution in [0.4, 0.5) is 0 Å². The van der Waals surface area contributed by atoms with Gasteiger partial charge < -0.3 is 0 Å². The molecule has 0 spiro atoms. The summed E-state index contributed by atoms with van der Waals surface area (Å²) in [5.41, 5.74) is 1.82. The summed E-state index contributed by atoms with van der Waals surface area (Å²) >= 11 is 1.50. The first-order valence-electron chi connectivity index (χ1n) is 4.18. The summed E-state index contributed by atoms with van der Waals surface area (Å²) in [6.07, 6.45) is 2.41. The van der Waals surface area contributed by atoms with Crippen LogP contribution in [-0.4, -0.2) is 9.38 Å².